The summed E-state index contributed by atoms with van der Waals surface area (Å²) < 4.78 is 0. The highest BCUT2D eigenvalue weighted by atomic mass is 32.2. The molecule has 0 nitrogen and oxygen atoms in total. The molecule has 2 aliphatic rings. The number of hydrogen-bond donors (Lipinski definition) is 0. The monoisotopic (exact) mass is 302 g/mol. The number of aryl methyl sites for hydroxylation is 3. The molecule has 0 fully saturated rings. The molecule has 0 bridgehead atoms. The second kappa shape index (κ2) is 6.30. The van der Waals surface area contributed by atoms with Gasteiger partial charge in [-0.2, -0.15) is 0 Å². The summed E-state index contributed by atoms with van der Waals surface area (Å²) in [6, 6.07) is 19.0. The highest BCUT2D eigenvalue weighted by Crippen LogP contribution is 2.38. The van der Waals surface area contributed by atoms with E-state index < -0.39 is 0 Å². The molecule has 1 aromatic carbocycles. The Hall–Kier alpha value is -2.17. The van der Waals surface area contributed by atoms with Crippen LogP contribution in [0.15, 0.2) is 59.5 Å². The molecule has 0 radical (unpaired) electrons. The quantitative estimate of drug-likeness (QED) is 0.403. The SMILES string of the molecule is Cc1cc(C)c2ccc(SC#Cc3ccccc3)c-2c(C)c1. The molecule has 1 heteroatoms. The Kier molecular flexibility index (Phi) is 4.22. The molecule has 0 spiro atoms. The van der Waals surface area contributed by atoms with Crippen LogP contribution in [0.3, 0.4) is 0 Å². The first kappa shape index (κ1) is 14.8. The van der Waals surface area contributed by atoms with Gasteiger partial charge in [0.05, 0.1) is 0 Å². The van der Waals surface area contributed by atoms with E-state index in [1.807, 2.05) is 30.3 Å². The fourth-order valence-corrected chi connectivity index (χ4v) is 3.60. The van der Waals surface area contributed by atoms with E-state index in [0.29, 0.717) is 0 Å². The van der Waals surface area contributed by atoms with Gasteiger partial charge >= 0.3 is 0 Å². The minimum atomic E-state index is 1.06. The smallest absolute Gasteiger partial charge is 0.0284 e. The van der Waals surface area contributed by atoms with Crippen LogP contribution in [-0.2, 0) is 0 Å². The van der Waals surface area contributed by atoms with E-state index in [9.17, 15) is 0 Å². The van der Waals surface area contributed by atoms with Crippen LogP contribution in [0.5, 0.6) is 0 Å². The van der Waals surface area contributed by atoms with Crippen LogP contribution in [-0.4, -0.2) is 0 Å². The Labute approximate surface area is 136 Å². The van der Waals surface area contributed by atoms with Gasteiger partial charge in [-0.3, -0.25) is 0 Å². The summed E-state index contributed by atoms with van der Waals surface area (Å²) in [5, 5.41) is 3.23. The summed E-state index contributed by atoms with van der Waals surface area (Å²) in [5.74, 6) is 3.21. The molecule has 0 saturated carbocycles. The van der Waals surface area contributed by atoms with E-state index in [2.05, 4.69) is 56.2 Å². The summed E-state index contributed by atoms with van der Waals surface area (Å²) in [5.41, 5.74) is 7.66. The van der Waals surface area contributed by atoms with E-state index in [1.165, 1.54) is 32.7 Å². The van der Waals surface area contributed by atoms with Crippen molar-refractivity contribution in [2.45, 2.75) is 25.7 Å². The molecule has 0 aliphatic heterocycles. The van der Waals surface area contributed by atoms with E-state index >= 15 is 0 Å². The summed E-state index contributed by atoms with van der Waals surface area (Å²) in [7, 11) is 0. The van der Waals surface area contributed by atoms with Crippen LogP contribution in [0.1, 0.15) is 22.3 Å². The topological polar surface area (TPSA) is 0 Å². The van der Waals surface area contributed by atoms with Crippen LogP contribution < -0.4 is 0 Å². The molecule has 22 heavy (non-hydrogen) atoms. The Morgan fingerprint density at radius 3 is 2.32 bits per heavy atom. The van der Waals surface area contributed by atoms with Gasteiger partial charge in [0.25, 0.3) is 0 Å². The lowest BCUT2D eigenvalue weighted by Gasteiger charge is -2.03. The molecular weight excluding hydrogens is 284 g/mol. The molecule has 108 valence electrons. The van der Waals surface area contributed by atoms with Crippen LogP contribution in [0.4, 0.5) is 0 Å². The number of benzene rings is 1. The second-order valence-corrected chi connectivity index (χ2v) is 6.43. The van der Waals surface area contributed by atoms with Gasteiger partial charge in [-0.1, -0.05) is 47.9 Å². The van der Waals surface area contributed by atoms with Crippen molar-refractivity contribution >= 4 is 11.8 Å². The molecule has 0 saturated heterocycles. The standard InChI is InChI=1S/C21H18S/c1-15-13-16(2)19-9-10-20(21(19)17(3)14-15)22-12-11-18-7-5-4-6-8-18/h4-10,13-14H,1-3H3. The van der Waals surface area contributed by atoms with E-state index in [1.54, 1.807) is 11.8 Å². The molecule has 3 rings (SSSR count). The number of rotatable bonds is 1. The van der Waals surface area contributed by atoms with E-state index in [4.69, 9.17) is 0 Å². The first-order valence-electron chi connectivity index (χ1n) is 7.38. The van der Waals surface area contributed by atoms with Crippen molar-refractivity contribution in [2.24, 2.45) is 0 Å². The summed E-state index contributed by atoms with van der Waals surface area (Å²) in [4.78, 5) is 1.25. The van der Waals surface area contributed by atoms with Crippen molar-refractivity contribution in [3.05, 3.63) is 76.9 Å². The molecule has 0 unspecified atom stereocenters. The van der Waals surface area contributed by atoms with Gasteiger partial charge in [-0.15, -0.1) is 0 Å². The lowest BCUT2D eigenvalue weighted by Crippen LogP contribution is -1.79. The zero-order valence-corrected chi connectivity index (χ0v) is 13.9. The molecule has 0 heterocycles. The summed E-state index contributed by atoms with van der Waals surface area (Å²) in [6.45, 7) is 6.52. The largest absolute Gasteiger partial charge is 0.0622 e. The average molecular weight is 302 g/mol. The van der Waals surface area contributed by atoms with Crippen LogP contribution >= 0.6 is 11.8 Å². The molecule has 0 amide bonds. The molecule has 1 aromatic rings. The minimum absolute atomic E-state index is 1.06. The minimum Gasteiger partial charge on any atom is -0.0622 e. The first-order chi connectivity index (χ1) is 10.6. The van der Waals surface area contributed by atoms with Crippen LogP contribution in [0, 0.1) is 31.9 Å². The normalized spacial score (nSPS) is 10.3. The number of hydrogen-bond acceptors (Lipinski definition) is 1. The Balaban J connectivity index is 1.96. The Morgan fingerprint density at radius 1 is 0.818 bits per heavy atom. The molecule has 2 aliphatic carbocycles. The van der Waals surface area contributed by atoms with Gasteiger partial charge in [-0.05, 0) is 78.2 Å². The van der Waals surface area contributed by atoms with E-state index in [0.717, 1.165) is 5.56 Å². The van der Waals surface area contributed by atoms with Gasteiger partial charge in [0.2, 0.25) is 0 Å². The lowest BCUT2D eigenvalue weighted by atomic mass is 10.1. The first-order valence-corrected chi connectivity index (χ1v) is 8.20. The van der Waals surface area contributed by atoms with Crippen molar-refractivity contribution in [2.75, 3.05) is 0 Å². The fraction of sp³-hybridized carbons (Fsp3) is 0.143. The average Bonchev–Trinajstić information content (AvgIpc) is 2.88. The Morgan fingerprint density at radius 2 is 1.55 bits per heavy atom. The van der Waals surface area contributed by atoms with Gasteiger partial charge in [0.15, 0.2) is 0 Å². The summed E-state index contributed by atoms with van der Waals surface area (Å²) >= 11 is 1.61. The predicted octanol–water partition coefficient (Wildman–Crippen LogP) is 5.82. The summed E-state index contributed by atoms with van der Waals surface area (Å²) in [6.07, 6.45) is 0. The highest BCUT2D eigenvalue weighted by molar-refractivity contribution is 8.04. The third-order valence-electron chi connectivity index (χ3n) is 3.75. The van der Waals surface area contributed by atoms with Crippen LogP contribution in [0.2, 0.25) is 0 Å². The zero-order valence-electron chi connectivity index (χ0n) is 13.1. The van der Waals surface area contributed by atoms with Crippen molar-refractivity contribution in [1.82, 2.24) is 0 Å². The zero-order chi connectivity index (χ0) is 15.5. The third kappa shape index (κ3) is 3.03. The highest BCUT2D eigenvalue weighted by Gasteiger charge is 2.13. The number of thioether (sulfide) groups is 1. The number of fused-ring (bicyclic) bond motifs is 1. The maximum Gasteiger partial charge on any atom is 0.0284 e. The molecule has 0 N–H and O–H groups in total. The third-order valence-corrected chi connectivity index (χ3v) is 4.52. The van der Waals surface area contributed by atoms with Crippen LogP contribution in [0.25, 0.3) is 11.1 Å². The van der Waals surface area contributed by atoms with Gasteiger partial charge < -0.3 is 0 Å². The van der Waals surface area contributed by atoms with E-state index in [-0.39, 0.29) is 0 Å². The Bertz CT molecular complexity index is 835. The maximum absolute atomic E-state index is 3.23. The molecule has 0 atom stereocenters. The maximum atomic E-state index is 3.23. The fourth-order valence-electron chi connectivity index (χ4n) is 2.81. The van der Waals surface area contributed by atoms with Crippen molar-refractivity contribution in [1.29, 1.82) is 0 Å². The predicted molar refractivity (Wildman–Crippen MR) is 96.5 cm³/mol. The van der Waals surface area contributed by atoms with Gasteiger partial charge in [0, 0.05) is 10.5 Å². The van der Waals surface area contributed by atoms with Crippen molar-refractivity contribution in [3.8, 4) is 22.3 Å². The molecular formula is C21H18S. The van der Waals surface area contributed by atoms with Crippen molar-refractivity contribution < 1.29 is 0 Å². The molecule has 0 aromatic heterocycles. The lowest BCUT2D eigenvalue weighted by molar-refractivity contribution is 1.41. The second-order valence-electron chi connectivity index (χ2n) is 5.58. The van der Waals surface area contributed by atoms with Gasteiger partial charge in [0.1, 0.15) is 0 Å². The van der Waals surface area contributed by atoms with Gasteiger partial charge in [-0.25, -0.2) is 0 Å². The van der Waals surface area contributed by atoms with Crippen molar-refractivity contribution in [3.63, 3.8) is 0 Å².